The van der Waals surface area contributed by atoms with Crippen molar-refractivity contribution in [3.8, 4) is 0 Å². The van der Waals surface area contributed by atoms with Crippen LogP contribution in [-0.4, -0.2) is 31.8 Å². The van der Waals surface area contributed by atoms with Gasteiger partial charge >= 0.3 is 0 Å². The quantitative estimate of drug-likeness (QED) is 0.629. The number of hydrogen-bond acceptors (Lipinski definition) is 4. The zero-order valence-electron chi connectivity index (χ0n) is 11.0. The van der Waals surface area contributed by atoms with Crippen LogP contribution in [0.2, 0.25) is 0 Å². The Bertz CT molecular complexity index is 512. The fraction of sp³-hybridized carbons (Fsp3) is 0.545. The van der Waals surface area contributed by atoms with Crippen LogP contribution in [-0.2, 0) is 14.9 Å². The summed E-state index contributed by atoms with van der Waals surface area (Å²) in [6.45, 7) is 7.58. The van der Waals surface area contributed by atoms with E-state index in [1.165, 1.54) is 12.3 Å². The van der Waals surface area contributed by atoms with E-state index in [1.807, 2.05) is 0 Å². The lowest BCUT2D eigenvalue weighted by atomic mass is 10.1. The molecule has 0 aliphatic carbocycles. The zero-order chi connectivity index (χ0) is 13.8. The first kappa shape index (κ1) is 14.7. The average molecular weight is 273 g/mol. The highest BCUT2D eigenvalue weighted by molar-refractivity contribution is 7.89. The molecule has 1 rings (SSSR count). The molecule has 0 radical (unpaired) electrons. The maximum Gasteiger partial charge on any atom is 0.243 e. The van der Waals surface area contributed by atoms with Crippen molar-refractivity contribution in [2.24, 2.45) is 5.16 Å². The summed E-state index contributed by atoms with van der Waals surface area (Å²) in [7, 11) is -3.57. The van der Waals surface area contributed by atoms with Gasteiger partial charge in [0.25, 0.3) is 0 Å². The van der Waals surface area contributed by atoms with E-state index in [0.29, 0.717) is 12.3 Å². The third kappa shape index (κ3) is 4.15. The van der Waals surface area contributed by atoms with Gasteiger partial charge in [0.05, 0.1) is 11.9 Å². The molecule has 0 amide bonds. The Morgan fingerprint density at radius 3 is 2.72 bits per heavy atom. The number of sulfonamides is 1. The number of nitrogens with zero attached hydrogens (tertiary/aromatic N) is 1. The lowest BCUT2D eigenvalue weighted by molar-refractivity contribution is 0.160. The minimum atomic E-state index is -3.57. The first-order chi connectivity index (χ1) is 8.26. The molecule has 7 heteroatoms. The fourth-order valence-electron chi connectivity index (χ4n) is 1.33. The molecule has 0 spiro atoms. The molecule has 0 fully saturated rings. The first-order valence-corrected chi connectivity index (χ1v) is 7.11. The fourth-order valence-corrected chi connectivity index (χ4v) is 2.89. The van der Waals surface area contributed by atoms with Crippen molar-refractivity contribution in [3.63, 3.8) is 0 Å². The highest BCUT2D eigenvalue weighted by Gasteiger charge is 2.24. The Morgan fingerprint density at radius 2 is 2.17 bits per heavy atom. The predicted octanol–water partition coefficient (Wildman–Crippen LogP) is 1.46. The van der Waals surface area contributed by atoms with Crippen LogP contribution in [0.5, 0.6) is 0 Å². The topological polar surface area (TPSA) is 83.5 Å². The van der Waals surface area contributed by atoms with Crippen molar-refractivity contribution in [2.45, 2.75) is 38.1 Å². The molecule has 102 valence electrons. The number of rotatable bonds is 5. The lowest BCUT2D eigenvalue weighted by Gasteiger charge is -2.20. The molecule has 1 aromatic heterocycles. The van der Waals surface area contributed by atoms with E-state index in [4.69, 9.17) is 4.84 Å². The van der Waals surface area contributed by atoms with E-state index in [0.717, 1.165) is 0 Å². The molecule has 1 heterocycles. The lowest BCUT2D eigenvalue weighted by Crippen LogP contribution is -2.40. The summed E-state index contributed by atoms with van der Waals surface area (Å²) in [4.78, 5) is 7.77. The standard InChI is InChI=1S/C11H19N3O3S/c1-5-17-13-8-9-10(6-7-12-9)18(15,16)14-11(2,3)4/h6-8,12,14H,5H2,1-4H3. The van der Waals surface area contributed by atoms with Crippen molar-refractivity contribution < 1.29 is 13.3 Å². The number of aromatic amines is 1. The maximum absolute atomic E-state index is 12.1. The van der Waals surface area contributed by atoms with Crippen molar-refractivity contribution >= 4 is 16.2 Å². The normalized spacial score (nSPS) is 13.1. The number of hydrogen-bond donors (Lipinski definition) is 2. The summed E-state index contributed by atoms with van der Waals surface area (Å²) in [5.74, 6) is 0. The van der Waals surface area contributed by atoms with Gasteiger partial charge in [-0.05, 0) is 33.8 Å². The molecule has 0 aliphatic rings. The molecule has 0 atom stereocenters. The Labute approximate surface area is 107 Å². The molecule has 2 N–H and O–H groups in total. The highest BCUT2D eigenvalue weighted by atomic mass is 32.2. The van der Waals surface area contributed by atoms with Crippen LogP contribution in [0.25, 0.3) is 0 Å². The van der Waals surface area contributed by atoms with E-state index in [2.05, 4.69) is 14.9 Å². The largest absolute Gasteiger partial charge is 0.396 e. The van der Waals surface area contributed by atoms with E-state index < -0.39 is 15.6 Å². The zero-order valence-corrected chi connectivity index (χ0v) is 11.8. The number of H-pyrrole nitrogens is 1. The van der Waals surface area contributed by atoms with Gasteiger partial charge in [-0.1, -0.05) is 5.16 Å². The summed E-state index contributed by atoms with van der Waals surface area (Å²) < 4.78 is 26.8. The minimum Gasteiger partial charge on any atom is -0.396 e. The molecule has 0 aliphatic heterocycles. The number of aromatic nitrogens is 1. The SMILES string of the molecule is CCON=Cc1[nH]ccc1S(=O)(=O)NC(C)(C)C. The highest BCUT2D eigenvalue weighted by Crippen LogP contribution is 2.15. The Hall–Kier alpha value is -1.34. The van der Waals surface area contributed by atoms with Gasteiger partial charge in [0, 0.05) is 11.7 Å². The van der Waals surface area contributed by atoms with Gasteiger partial charge in [0.15, 0.2) is 0 Å². The van der Waals surface area contributed by atoms with Crippen LogP contribution in [0.4, 0.5) is 0 Å². The molecular weight excluding hydrogens is 254 g/mol. The van der Waals surface area contributed by atoms with E-state index in [1.54, 1.807) is 33.9 Å². The van der Waals surface area contributed by atoms with Gasteiger partial charge < -0.3 is 9.82 Å². The molecule has 0 bridgehead atoms. The van der Waals surface area contributed by atoms with Crippen LogP contribution >= 0.6 is 0 Å². The van der Waals surface area contributed by atoms with Crippen LogP contribution in [0.1, 0.15) is 33.4 Å². The Balaban J connectivity index is 3.00. The van der Waals surface area contributed by atoms with E-state index in [-0.39, 0.29) is 4.90 Å². The Kier molecular flexibility index (Phi) is 4.53. The van der Waals surface area contributed by atoms with Crippen molar-refractivity contribution in [3.05, 3.63) is 18.0 Å². The second kappa shape index (κ2) is 5.53. The molecule has 0 saturated heterocycles. The van der Waals surface area contributed by atoms with Gasteiger partial charge in [0.1, 0.15) is 11.5 Å². The van der Waals surface area contributed by atoms with Crippen molar-refractivity contribution in [1.29, 1.82) is 0 Å². The second-order valence-electron chi connectivity index (χ2n) is 4.76. The van der Waals surface area contributed by atoms with E-state index in [9.17, 15) is 8.42 Å². The molecular formula is C11H19N3O3S. The predicted molar refractivity (Wildman–Crippen MR) is 70.1 cm³/mol. The van der Waals surface area contributed by atoms with Crippen molar-refractivity contribution in [2.75, 3.05) is 6.61 Å². The molecule has 0 aromatic carbocycles. The molecule has 0 unspecified atom stereocenters. The van der Waals surface area contributed by atoms with Crippen LogP contribution < -0.4 is 4.72 Å². The summed E-state index contributed by atoms with van der Waals surface area (Å²) >= 11 is 0. The van der Waals surface area contributed by atoms with Gasteiger partial charge in [0.2, 0.25) is 10.0 Å². The summed E-state index contributed by atoms with van der Waals surface area (Å²) in [6.07, 6.45) is 2.89. The van der Waals surface area contributed by atoms with Gasteiger partial charge in [-0.2, -0.15) is 0 Å². The molecule has 0 saturated carbocycles. The molecule has 6 nitrogen and oxygen atoms in total. The van der Waals surface area contributed by atoms with E-state index >= 15 is 0 Å². The third-order valence-corrected chi connectivity index (χ3v) is 3.67. The average Bonchev–Trinajstić information content (AvgIpc) is 2.63. The third-order valence-electron chi connectivity index (χ3n) is 1.85. The van der Waals surface area contributed by atoms with Crippen LogP contribution in [0.3, 0.4) is 0 Å². The monoisotopic (exact) mass is 273 g/mol. The summed E-state index contributed by atoms with van der Waals surface area (Å²) in [5.41, 5.74) is -0.148. The summed E-state index contributed by atoms with van der Waals surface area (Å²) in [6, 6.07) is 1.49. The minimum absolute atomic E-state index is 0.154. The van der Waals surface area contributed by atoms with Crippen LogP contribution in [0, 0.1) is 0 Å². The van der Waals surface area contributed by atoms with Gasteiger partial charge in [-0.15, -0.1) is 0 Å². The number of nitrogens with one attached hydrogen (secondary N) is 2. The Morgan fingerprint density at radius 1 is 1.50 bits per heavy atom. The first-order valence-electron chi connectivity index (χ1n) is 5.63. The maximum atomic E-state index is 12.1. The van der Waals surface area contributed by atoms with Gasteiger partial charge in [-0.3, -0.25) is 0 Å². The molecule has 1 aromatic rings. The van der Waals surface area contributed by atoms with Gasteiger partial charge in [-0.25, -0.2) is 13.1 Å². The van der Waals surface area contributed by atoms with Crippen LogP contribution in [0.15, 0.2) is 22.3 Å². The smallest absolute Gasteiger partial charge is 0.243 e. The van der Waals surface area contributed by atoms with Crippen molar-refractivity contribution in [1.82, 2.24) is 9.71 Å². The molecule has 18 heavy (non-hydrogen) atoms. The second-order valence-corrected chi connectivity index (χ2v) is 6.41. The number of oxime groups is 1. The summed E-state index contributed by atoms with van der Waals surface area (Å²) in [5, 5.41) is 3.65.